The normalized spacial score (nSPS) is 27.4. The molecule has 2 bridgehead atoms. The Hall–Kier alpha value is -0.640. The molecule has 1 nitrogen and oxygen atoms in total. The second-order valence-corrected chi connectivity index (χ2v) is 8.23. The summed E-state index contributed by atoms with van der Waals surface area (Å²) < 4.78 is 1.25. The molecule has 2 aliphatic carbocycles. The molecule has 21 heavy (non-hydrogen) atoms. The molecule has 1 heterocycles. The van der Waals surface area contributed by atoms with E-state index in [4.69, 9.17) is 0 Å². The van der Waals surface area contributed by atoms with E-state index in [-0.39, 0.29) is 0 Å². The molecule has 0 radical (unpaired) electrons. The molecule has 1 aromatic heterocycles. The second-order valence-electron chi connectivity index (χ2n) is 6.37. The van der Waals surface area contributed by atoms with Gasteiger partial charge in [0, 0.05) is 21.9 Å². The summed E-state index contributed by atoms with van der Waals surface area (Å²) in [4.78, 5) is 1.43. The van der Waals surface area contributed by atoms with E-state index in [2.05, 4.69) is 57.0 Å². The zero-order valence-electron chi connectivity index (χ0n) is 12.0. The van der Waals surface area contributed by atoms with Crippen molar-refractivity contribution in [3.63, 3.8) is 0 Å². The molecular weight excluding hydrogens is 342 g/mol. The monoisotopic (exact) mass is 361 g/mol. The molecule has 2 atom stereocenters. The number of thiophene rings is 1. The molecule has 1 aromatic carbocycles. The largest absolute Gasteiger partial charge is 0.308 e. The molecule has 2 aromatic rings. The van der Waals surface area contributed by atoms with Crippen LogP contribution >= 0.6 is 27.3 Å². The first-order valence-electron chi connectivity index (χ1n) is 7.83. The van der Waals surface area contributed by atoms with Crippen molar-refractivity contribution in [2.24, 2.45) is 11.8 Å². The molecule has 4 rings (SSSR count). The van der Waals surface area contributed by atoms with Crippen molar-refractivity contribution in [3.8, 4) is 0 Å². The number of halogens is 1. The summed E-state index contributed by atoms with van der Waals surface area (Å²) in [6.07, 6.45) is 5.30. The average molecular weight is 362 g/mol. The lowest BCUT2D eigenvalue weighted by Gasteiger charge is -2.23. The highest BCUT2D eigenvalue weighted by Gasteiger charge is 2.38. The predicted molar refractivity (Wildman–Crippen MR) is 92.7 cm³/mol. The number of nitrogens with one attached hydrogen (secondary N) is 1. The van der Waals surface area contributed by atoms with Gasteiger partial charge in [0.25, 0.3) is 0 Å². The molecule has 3 heteroatoms. The molecule has 1 N–H and O–H groups in total. The van der Waals surface area contributed by atoms with Crippen LogP contribution in [0.15, 0.2) is 40.2 Å². The van der Waals surface area contributed by atoms with E-state index in [1.165, 1.54) is 35.0 Å². The Kier molecular flexibility index (Phi) is 3.91. The lowest BCUT2D eigenvalue weighted by Crippen LogP contribution is -2.37. The maximum atomic E-state index is 3.88. The minimum absolute atomic E-state index is 0.686. The minimum Gasteiger partial charge on any atom is -0.308 e. The van der Waals surface area contributed by atoms with Crippen LogP contribution in [0.3, 0.4) is 0 Å². The quantitative estimate of drug-likeness (QED) is 0.828. The molecular formula is C18H20BrNS. The van der Waals surface area contributed by atoms with Crippen molar-refractivity contribution in [1.29, 1.82) is 0 Å². The van der Waals surface area contributed by atoms with E-state index in [1.807, 2.05) is 11.3 Å². The van der Waals surface area contributed by atoms with Crippen molar-refractivity contribution in [2.45, 2.75) is 38.3 Å². The van der Waals surface area contributed by atoms with Gasteiger partial charge >= 0.3 is 0 Å². The Morgan fingerprint density at radius 1 is 1.05 bits per heavy atom. The first-order chi connectivity index (χ1) is 10.3. The van der Waals surface area contributed by atoms with Crippen LogP contribution in [-0.2, 0) is 19.4 Å². The molecule has 1 saturated carbocycles. The van der Waals surface area contributed by atoms with Gasteiger partial charge in [-0.15, -0.1) is 11.3 Å². The van der Waals surface area contributed by atoms with Crippen molar-refractivity contribution in [1.82, 2.24) is 5.32 Å². The van der Waals surface area contributed by atoms with E-state index in [9.17, 15) is 0 Å². The lowest BCUT2D eigenvalue weighted by molar-refractivity contribution is 0.341. The zero-order chi connectivity index (χ0) is 14.2. The van der Waals surface area contributed by atoms with Crippen molar-refractivity contribution in [3.05, 3.63) is 56.2 Å². The van der Waals surface area contributed by atoms with Gasteiger partial charge in [-0.1, -0.05) is 24.3 Å². The molecule has 0 aliphatic heterocycles. The highest BCUT2D eigenvalue weighted by Crippen LogP contribution is 2.40. The van der Waals surface area contributed by atoms with Gasteiger partial charge in [0.2, 0.25) is 0 Å². The van der Waals surface area contributed by atoms with Crippen molar-refractivity contribution < 1.29 is 0 Å². The Morgan fingerprint density at radius 2 is 1.71 bits per heavy atom. The second kappa shape index (κ2) is 5.86. The first-order valence-corrected chi connectivity index (χ1v) is 9.50. The van der Waals surface area contributed by atoms with Crippen molar-refractivity contribution in [2.75, 3.05) is 0 Å². The topological polar surface area (TPSA) is 12.0 Å². The molecule has 0 saturated heterocycles. The summed E-state index contributed by atoms with van der Waals surface area (Å²) in [5, 5.41) is 6.05. The average Bonchev–Trinajstić information content (AvgIpc) is 2.99. The fraction of sp³-hybridized carbons (Fsp3) is 0.444. The van der Waals surface area contributed by atoms with E-state index >= 15 is 0 Å². The number of benzene rings is 1. The van der Waals surface area contributed by atoms with Gasteiger partial charge in [-0.25, -0.2) is 0 Å². The third-order valence-corrected chi connectivity index (χ3v) is 7.12. The smallest absolute Gasteiger partial charge is 0.0327 e. The minimum atomic E-state index is 0.686. The standard InChI is InChI=1S/C18H20BrNS/c19-16-7-8-21-17(16)11-20-18-14-5-6-15(18)10-13-4-2-1-3-12(13)9-14/h1-4,7-8,14-15,18,20H,5-6,9-11H2. The molecule has 110 valence electrons. The molecule has 2 aliphatic rings. The first kappa shape index (κ1) is 14.0. The Bertz CT molecular complexity index is 603. The summed E-state index contributed by atoms with van der Waals surface area (Å²) in [6, 6.07) is 11.9. The highest BCUT2D eigenvalue weighted by molar-refractivity contribution is 9.10. The fourth-order valence-corrected chi connectivity index (χ4v) is 5.59. The van der Waals surface area contributed by atoms with Crippen LogP contribution in [0.5, 0.6) is 0 Å². The van der Waals surface area contributed by atoms with Gasteiger partial charge in [-0.2, -0.15) is 0 Å². The molecule has 0 amide bonds. The Labute approximate surface area is 138 Å². The zero-order valence-corrected chi connectivity index (χ0v) is 14.4. The van der Waals surface area contributed by atoms with Crippen LogP contribution < -0.4 is 5.32 Å². The van der Waals surface area contributed by atoms with Crippen LogP contribution in [0.2, 0.25) is 0 Å². The lowest BCUT2D eigenvalue weighted by atomic mass is 9.94. The molecule has 0 spiro atoms. The number of rotatable bonds is 3. The van der Waals surface area contributed by atoms with Crippen LogP contribution in [0.25, 0.3) is 0 Å². The number of hydrogen-bond donors (Lipinski definition) is 1. The number of fused-ring (bicyclic) bond motifs is 3. The van der Waals surface area contributed by atoms with Crippen LogP contribution in [0, 0.1) is 11.8 Å². The predicted octanol–water partition coefficient (Wildman–Crippen LogP) is 4.79. The van der Waals surface area contributed by atoms with Crippen LogP contribution in [0.4, 0.5) is 0 Å². The fourth-order valence-electron chi connectivity index (χ4n) is 4.15. The summed E-state index contributed by atoms with van der Waals surface area (Å²) in [6.45, 7) is 1.01. The van der Waals surface area contributed by atoms with E-state index in [1.54, 1.807) is 11.1 Å². The van der Waals surface area contributed by atoms with E-state index in [0.29, 0.717) is 6.04 Å². The van der Waals surface area contributed by atoms with Gasteiger partial charge in [0.05, 0.1) is 0 Å². The van der Waals surface area contributed by atoms with Crippen molar-refractivity contribution >= 4 is 27.3 Å². The van der Waals surface area contributed by atoms with Crippen LogP contribution in [0.1, 0.15) is 28.8 Å². The SMILES string of the molecule is Brc1ccsc1CNC1C2CCC1Cc1ccccc1C2. The van der Waals surface area contributed by atoms with Gasteiger partial charge in [0.1, 0.15) is 0 Å². The maximum absolute atomic E-state index is 3.88. The van der Waals surface area contributed by atoms with Crippen LogP contribution in [-0.4, -0.2) is 6.04 Å². The highest BCUT2D eigenvalue weighted by atomic mass is 79.9. The molecule has 2 unspecified atom stereocenters. The Balaban J connectivity index is 1.51. The number of hydrogen-bond acceptors (Lipinski definition) is 2. The van der Waals surface area contributed by atoms with E-state index < -0.39 is 0 Å². The van der Waals surface area contributed by atoms with Gasteiger partial charge in [0.15, 0.2) is 0 Å². The third kappa shape index (κ3) is 2.71. The third-order valence-electron chi connectivity index (χ3n) is 5.20. The van der Waals surface area contributed by atoms with Gasteiger partial charge in [-0.05, 0) is 76.0 Å². The summed E-state index contributed by atoms with van der Waals surface area (Å²) in [5.74, 6) is 1.63. The summed E-state index contributed by atoms with van der Waals surface area (Å²) in [5.41, 5.74) is 3.18. The maximum Gasteiger partial charge on any atom is 0.0327 e. The van der Waals surface area contributed by atoms with Gasteiger partial charge < -0.3 is 5.32 Å². The summed E-state index contributed by atoms with van der Waals surface area (Å²) in [7, 11) is 0. The molecule has 1 fully saturated rings. The Morgan fingerprint density at radius 3 is 2.29 bits per heavy atom. The van der Waals surface area contributed by atoms with E-state index in [0.717, 1.165) is 18.4 Å². The van der Waals surface area contributed by atoms with Gasteiger partial charge in [-0.3, -0.25) is 0 Å². The summed E-state index contributed by atoms with van der Waals surface area (Å²) >= 11 is 5.49.